The average molecular weight is 329 g/mol. The fraction of sp³-hybridized carbons (Fsp3) is 0.300. The molecule has 0 amide bonds. The summed E-state index contributed by atoms with van der Waals surface area (Å²) in [5, 5.41) is 2.20. The Kier molecular flexibility index (Phi) is 5.55. The third-order valence-corrected chi connectivity index (χ3v) is 9.14. The van der Waals surface area contributed by atoms with E-state index in [1.54, 1.807) is 0 Å². The lowest BCUT2D eigenvalue weighted by molar-refractivity contribution is 0.218. The van der Waals surface area contributed by atoms with Crippen LogP contribution in [-0.2, 0) is 4.43 Å². The third-order valence-electron chi connectivity index (χ3n) is 4.13. The predicted octanol–water partition coefficient (Wildman–Crippen LogP) is 4.09. The van der Waals surface area contributed by atoms with Gasteiger partial charge >= 0.3 is 0 Å². The summed E-state index contributed by atoms with van der Waals surface area (Å²) >= 11 is 0. The highest BCUT2D eigenvalue weighted by Gasteiger charge is 2.50. The van der Waals surface area contributed by atoms with Crippen LogP contribution in [0.4, 0.5) is 4.39 Å². The lowest BCUT2D eigenvalue weighted by atomic mass is 10.2. The molecular formula is C20H25FOSi. The summed E-state index contributed by atoms with van der Waals surface area (Å²) in [6.45, 7) is 10.1. The van der Waals surface area contributed by atoms with Crippen molar-refractivity contribution in [3.8, 4) is 0 Å². The van der Waals surface area contributed by atoms with Crippen molar-refractivity contribution in [3.05, 3.63) is 73.3 Å². The topological polar surface area (TPSA) is 9.23 Å². The highest BCUT2D eigenvalue weighted by Crippen LogP contribution is 2.36. The van der Waals surface area contributed by atoms with Gasteiger partial charge in [0.1, 0.15) is 6.17 Å². The highest BCUT2D eigenvalue weighted by molar-refractivity contribution is 6.99. The largest absolute Gasteiger partial charge is 0.404 e. The summed E-state index contributed by atoms with van der Waals surface area (Å²) in [6.07, 6.45) is 0.147. The Hall–Kier alpha value is -1.71. The van der Waals surface area contributed by atoms with Gasteiger partial charge in [-0.05, 0) is 15.4 Å². The maximum absolute atomic E-state index is 13.9. The summed E-state index contributed by atoms with van der Waals surface area (Å²) in [5.41, 5.74) is 0. The fourth-order valence-electron chi connectivity index (χ4n) is 3.03. The van der Waals surface area contributed by atoms with Crippen molar-refractivity contribution < 1.29 is 8.82 Å². The van der Waals surface area contributed by atoms with Crippen molar-refractivity contribution in [1.82, 2.24) is 0 Å². The molecule has 0 N–H and O–H groups in total. The van der Waals surface area contributed by atoms with Gasteiger partial charge in [0.25, 0.3) is 8.32 Å². The van der Waals surface area contributed by atoms with Gasteiger partial charge in [0.05, 0.1) is 6.61 Å². The maximum Gasteiger partial charge on any atom is 0.261 e. The van der Waals surface area contributed by atoms with Gasteiger partial charge in [-0.2, -0.15) is 0 Å². The summed E-state index contributed by atoms with van der Waals surface area (Å²) in [5.74, 6) is 0. The van der Waals surface area contributed by atoms with Crippen LogP contribution in [0.1, 0.15) is 20.8 Å². The second-order valence-corrected chi connectivity index (χ2v) is 11.0. The van der Waals surface area contributed by atoms with Crippen LogP contribution in [0, 0.1) is 0 Å². The van der Waals surface area contributed by atoms with E-state index in [2.05, 4.69) is 51.6 Å². The quantitative estimate of drug-likeness (QED) is 0.573. The molecule has 0 aromatic heterocycles. The van der Waals surface area contributed by atoms with Gasteiger partial charge in [0.2, 0.25) is 0 Å². The molecule has 2 aromatic rings. The molecule has 122 valence electrons. The molecule has 2 aromatic carbocycles. The van der Waals surface area contributed by atoms with E-state index in [9.17, 15) is 4.39 Å². The smallest absolute Gasteiger partial charge is 0.261 e. The molecule has 0 saturated heterocycles. The number of halogens is 1. The number of rotatable bonds is 6. The summed E-state index contributed by atoms with van der Waals surface area (Å²) in [6, 6.07) is 20.5. The lowest BCUT2D eigenvalue weighted by Crippen LogP contribution is -2.67. The van der Waals surface area contributed by atoms with Gasteiger partial charge < -0.3 is 4.43 Å². The molecule has 1 nitrogen and oxygen atoms in total. The molecule has 0 aliphatic carbocycles. The van der Waals surface area contributed by atoms with Crippen LogP contribution in [0.3, 0.4) is 0 Å². The van der Waals surface area contributed by atoms with Gasteiger partial charge in [-0.1, -0.05) is 87.5 Å². The number of hydrogen-bond donors (Lipinski definition) is 0. The van der Waals surface area contributed by atoms with Crippen molar-refractivity contribution in [3.63, 3.8) is 0 Å². The van der Waals surface area contributed by atoms with E-state index in [4.69, 9.17) is 4.43 Å². The Morgan fingerprint density at radius 1 is 1.00 bits per heavy atom. The molecule has 23 heavy (non-hydrogen) atoms. The zero-order valence-electron chi connectivity index (χ0n) is 14.1. The first-order valence-electron chi connectivity index (χ1n) is 7.93. The minimum Gasteiger partial charge on any atom is -0.404 e. The number of alkyl halides is 1. The SMILES string of the molecule is C=CC(F)CO[Si](c1ccccc1)(c1ccccc1)C(C)(C)C. The Morgan fingerprint density at radius 3 is 1.78 bits per heavy atom. The van der Waals surface area contributed by atoms with Gasteiger partial charge in [-0.25, -0.2) is 4.39 Å². The van der Waals surface area contributed by atoms with Crippen LogP contribution in [0.5, 0.6) is 0 Å². The second kappa shape index (κ2) is 7.24. The van der Waals surface area contributed by atoms with Crippen LogP contribution < -0.4 is 10.4 Å². The maximum atomic E-state index is 13.9. The Balaban J connectivity index is 2.62. The molecule has 1 unspecified atom stereocenters. The molecule has 0 spiro atoms. The zero-order chi connectivity index (χ0) is 16.9. The molecule has 0 radical (unpaired) electrons. The van der Waals surface area contributed by atoms with Crippen molar-refractivity contribution in [1.29, 1.82) is 0 Å². The number of hydrogen-bond acceptors (Lipinski definition) is 1. The van der Waals surface area contributed by atoms with E-state index in [-0.39, 0.29) is 11.6 Å². The first-order chi connectivity index (χ1) is 10.9. The molecule has 0 aliphatic heterocycles. The third kappa shape index (κ3) is 3.62. The molecule has 2 rings (SSSR count). The summed E-state index contributed by atoms with van der Waals surface area (Å²) in [7, 11) is -2.62. The van der Waals surface area contributed by atoms with Gasteiger partial charge in [-0.15, -0.1) is 6.58 Å². The van der Waals surface area contributed by atoms with E-state index in [0.29, 0.717) is 0 Å². The molecule has 0 aliphatic rings. The van der Waals surface area contributed by atoms with Crippen LogP contribution in [0.15, 0.2) is 73.3 Å². The second-order valence-electron chi connectivity index (χ2n) is 6.73. The molecular weight excluding hydrogens is 303 g/mol. The molecule has 3 heteroatoms. The van der Waals surface area contributed by atoms with Crippen LogP contribution in [0.2, 0.25) is 5.04 Å². The number of benzene rings is 2. The van der Waals surface area contributed by atoms with E-state index in [1.807, 2.05) is 36.4 Å². The first-order valence-corrected chi connectivity index (χ1v) is 9.84. The van der Waals surface area contributed by atoms with Crippen molar-refractivity contribution >= 4 is 18.7 Å². The fourth-order valence-corrected chi connectivity index (χ4v) is 7.60. The molecule has 0 saturated carbocycles. The molecule has 0 heterocycles. The summed E-state index contributed by atoms with van der Waals surface area (Å²) in [4.78, 5) is 0. The highest BCUT2D eigenvalue weighted by atomic mass is 28.4. The minimum absolute atomic E-state index is 0.0385. The normalized spacial score (nSPS) is 13.6. The zero-order valence-corrected chi connectivity index (χ0v) is 15.1. The Morgan fingerprint density at radius 2 is 1.43 bits per heavy atom. The Bertz CT molecular complexity index is 580. The monoisotopic (exact) mass is 328 g/mol. The standard InChI is InChI=1S/C20H25FOSi/c1-5-17(21)16-22-23(20(2,3)4,18-12-8-6-9-13-18)19-14-10-7-11-15-19/h5-15,17H,1,16H2,2-4H3. The van der Waals surface area contributed by atoms with Crippen molar-refractivity contribution in [2.24, 2.45) is 0 Å². The average Bonchev–Trinajstić information content (AvgIpc) is 2.56. The minimum atomic E-state index is -2.62. The molecule has 0 bridgehead atoms. The molecule has 0 fully saturated rings. The first kappa shape index (κ1) is 17.6. The Labute approximate surface area is 140 Å². The lowest BCUT2D eigenvalue weighted by Gasteiger charge is -2.43. The van der Waals surface area contributed by atoms with E-state index >= 15 is 0 Å². The van der Waals surface area contributed by atoms with Crippen LogP contribution in [-0.4, -0.2) is 21.1 Å². The van der Waals surface area contributed by atoms with Crippen molar-refractivity contribution in [2.75, 3.05) is 6.61 Å². The van der Waals surface area contributed by atoms with E-state index in [0.717, 1.165) is 10.4 Å². The summed E-state index contributed by atoms with van der Waals surface area (Å²) < 4.78 is 20.3. The van der Waals surface area contributed by atoms with Crippen molar-refractivity contribution in [2.45, 2.75) is 32.0 Å². The van der Waals surface area contributed by atoms with Gasteiger partial charge in [0, 0.05) is 0 Å². The van der Waals surface area contributed by atoms with E-state index < -0.39 is 14.5 Å². The van der Waals surface area contributed by atoms with E-state index in [1.165, 1.54) is 6.08 Å². The predicted molar refractivity (Wildman–Crippen MR) is 98.7 cm³/mol. The molecule has 1 atom stereocenters. The van der Waals surface area contributed by atoms with Gasteiger partial charge in [-0.3, -0.25) is 0 Å². The van der Waals surface area contributed by atoms with Crippen LogP contribution in [0.25, 0.3) is 0 Å². The van der Waals surface area contributed by atoms with Gasteiger partial charge in [0.15, 0.2) is 0 Å². The van der Waals surface area contributed by atoms with Crippen LogP contribution >= 0.6 is 0 Å².